The van der Waals surface area contributed by atoms with Gasteiger partial charge in [-0.15, -0.1) is 0 Å². The third-order valence-electron chi connectivity index (χ3n) is 6.26. The predicted octanol–water partition coefficient (Wildman–Crippen LogP) is 2.13. The summed E-state index contributed by atoms with van der Waals surface area (Å²) in [7, 11) is -3.84. The molecule has 2 rings (SSSR count). The van der Waals surface area contributed by atoms with Gasteiger partial charge in [-0.05, 0) is 66.6 Å². The van der Waals surface area contributed by atoms with Crippen molar-refractivity contribution >= 4 is 27.6 Å². The number of carbonyl (C=O) groups is 3. The van der Waals surface area contributed by atoms with Gasteiger partial charge in [0.1, 0.15) is 23.6 Å². The molecule has 230 valence electrons. The maximum absolute atomic E-state index is 13.5. The number of phenolic OH excluding ortho intramolecular Hbond substituents is 2. The molecular formula is C30H42N4O7S. The van der Waals surface area contributed by atoms with E-state index in [9.17, 15) is 33.0 Å². The van der Waals surface area contributed by atoms with E-state index in [0.717, 1.165) is 5.41 Å². The van der Waals surface area contributed by atoms with E-state index in [1.54, 1.807) is 12.1 Å². The minimum Gasteiger partial charge on any atom is -0.508 e. The Hall–Kier alpha value is -3.90. The van der Waals surface area contributed by atoms with Crippen LogP contribution in [0.5, 0.6) is 11.5 Å². The summed E-state index contributed by atoms with van der Waals surface area (Å²) in [6.07, 6.45) is 2.23. The van der Waals surface area contributed by atoms with Gasteiger partial charge < -0.3 is 31.9 Å². The summed E-state index contributed by atoms with van der Waals surface area (Å²) in [5, 5.41) is 28.3. The van der Waals surface area contributed by atoms with Crippen molar-refractivity contribution in [1.82, 2.24) is 16.0 Å². The first kappa shape index (κ1) is 34.3. The van der Waals surface area contributed by atoms with Crippen LogP contribution in [0.2, 0.25) is 0 Å². The third kappa shape index (κ3) is 11.5. The van der Waals surface area contributed by atoms with Crippen LogP contribution in [0.25, 0.3) is 0 Å². The molecule has 2 aromatic rings. The molecule has 0 aliphatic heterocycles. The van der Waals surface area contributed by atoms with E-state index < -0.39 is 45.7 Å². The molecule has 3 atom stereocenters. The number of hydrogen-bond acceptors (Lipinski definition) is 8. The van der Waals surface area contributed by atoms with Crippen LogP contribution in [0.3, 0.4) is 0 Å². The number of rotatable bonds is 15. The normalized spacial score (nSPS) is 14.0. The van der Waals surface area contributed by atoms with Crippen LogP contribution in [-0.2, 0) is 30.6 Å². The fourth-order valence-electron chi connectivity index (χ4n) is 4.19. The van der Waals surface area contributed by atoms with Gasteiger partial charge in [0.25, 0.3) is 0 Å². The second-order valence-electron chi connectivity index (χ2n) is 11.0. The van der Waals surface area contributed by atoms with Crippen LogP contribution >= 0.6 is 0 Å². The van der Waals surface area contributed by atoms with Gasteiger partial charge in [-0.25, -0.2) is 8.42 Å². The molecule has 0 aromatic heterocycles. The zero-order valence-electron chi connectivity index (χ0n) is 24.4. The molecule has 0 radical (unpaired) electrons. The third-order valence-corrected chi connectivity index (χ3v) is 7.71. The minimum absolute atomic E-state index is 0.00434. The summed E-state index contributed by atoms with van der Waals surface area (Å²) in [6, 6.07) is 8.66. The van der Waals surface area contributed by atoms with E-state index >= 15 is 0 Å². The fraction of sp³-hybridized carbons (Fsp3) is 0.433. The Balaban J connectivity index is 2.25. The Bertz CT molecular complexity index is 1320. The van der Waals surface area contributed by atoms with Crippen molar-refractivity contribution in [2.75, 3.05) is 6.54 Å². The van der Waals surface area contributed by atoms with Crippen molar-refractivity contribution < 1.29 is 33.0 Å². The SMILES string of the molecule is CC(C)C[C@@H](/C=C/S(=O)(=O)c1ccc(O)cc1)NC(=O)[C@H](CC(C)C)NC(=O)[C@H](Cc1ccc(O)cc1)NC(=O)CN. The maximum atomic E-state index is 13.5. The van der Waals surface area contributed by atoms with Gasteiger partial charge >= 0.3 is 0 Å². The number of aromatic hydroxyl groups is 2. The average Bonchev–Trinajstić information content (AvgIpc) is 2.91. The summed E-state index contributed by atoms with van der Waals surface area (Å²) in [5.74, 6) is -1.51. The maximum Gasteiger partial charge on any atom is 0.243 e. The summed E-state index contributed by atoms with van der Waals surface area (Å²) >= 11 is 0. The number of phenols is 2. The van der Waals surface area contributed by atoms with Gasteiger partial charge in [-0.3, -0.25) is 14.4 Å². The quantitative estimate of drug-likeness (QED) is 0.179. The average molecular weight is 603 g/mol. The van der Waals surface area contributed by atoms with Crippen LogP contribution in [0.1, 0.15) is 46.1 Å². The summed E-state index contributed by atoms with van der Waals surface area (Å²) in [6.45, 7) is 7.33. The summed E-state index contributed by atoms with van der Waals surface area (Å²) < 4.78 is 25.6. The monoisotopic (exact) mass is 602 g/mol. The Labute approximate surface area is 247 Å². The largest absolute Gasteiger partial charge is 0.508 e. The topological polar surface area (TPSA) is 188 Å². The molecule has 2 aromatic carbocycles. The lowest BCUT2D eigenvalue weighted by atomic mass is 9.99. The highest BCUT2D eigenvalue weighted by Crippen LogP contribution is 2.18. The molecule has 11 nitrogen and oxygen atoms in total. The number of sulfone groups is 1. The van der Waals surface area contributed by atoms with Gasteiger partial charge in [-0.1, -0.05) is 45.9 Å². The minimum atomic E-state index is -3.84. The highest BCUT2D eigenvalue weighted by atomic mass is 32.2. The first-order chi connectivity index (χ1) is 19.7. The number of nitrogens with two attached hydrogens (primary N) is 1. The molecular weight excluding hydrogens is 560 g/mol. The van der Waals surface area contributed by atoms with Crippen molar-refractivity contribution in [3.8, 4) is 11.5 Å². The number of hydrogen-bond donors (Lipinski definition) is 6. The number of nitrogens with one attached hydrogen (secondary N) is 3. The number of carbonyl (C=O) groups excluding carboxylic acids is 3. The van der Waals surface area contributed by atoms with E-state index in [1.807, 2.05) is 27.7 Å². The number of amides is 3. The first-order valence-corrected chi connectivity index (χ1v) is 15.3. The second kappa shape index (κ2) is 15.9. The zero-order valence-corrected chi connectivity index (χ0v) is 25.2. The molecule has 0 aliphatic carbocycles. The fourth-order valence-corrected chi connectivity index (χ4v) is 5.26. The van der Waals surface area contributed by atoms with Crippen LogP contribution < -0.4 is 21.7 Å². The van der Waals surface area contributed by atoms with E-state index in [2.05, 4.69) is 16.0 Å². The smallest absolute Gasteiger partial charge is 0.243 e. The predicted molar refractivity (Wildman–Crippen MR) is 160 cm³/mol. The highest BCUT2D eigenvalue weighted by Gasteiger charge is 2.28. The molecule has 0 bridgehead atoms. The van der Waals surface area contributed by atoms with Crippen molar-refractivity contribution in [2.45, 2.75) is 70.0 Å². The molecule has 12 heteroatoms. The van der Waals surface area contributed by atoms with Gasteiger partial charge in [0.2, 0.25) is 17.7 Å². The highest BCUT2D eigenvalue weighted by molar-refractivity contribution is 7.94. The number of benzene rings is 2. The Morgan fingerprint density at radius 2 is 1.31 bits per heavy atom. The van der Waals surface area contributed by atoms with Crippen molar-refractivity contribution in [2.24, 2.45) is 17.6 Å². The van der Waals surface area contributed by atoms with Gasteiger partial charge in [0, 0.05) is 17.9 Å². The second-order valence-corrected chi connectivity index (χ2v) is 12.8. The molecule has 0 saturated carbocycles. The van der Waals surface area contributed by atoms with Gasteiger partial charge in [-0.2, -0.15) is 0 Å². The lowest BCUT2D eigenvalue weighted by Gasteiger charge is -2.26. The van der Waals surface area contributed by atoms with E-state index in [-0.39, 0.29) is 47.6 Å². The van der Waals surface area contributed by atoms with E-state index in [1.165, 1.54) is 42.5 Å². The van der Waals surface area contributed by atoms with E-state index in [0.29, 0.717) is 12.0 Å². The lowest BCUT2D eigenvalue weighted by molar-refractivity contribution is -0.132. The van der Waals surface area contributed by atoms with Crippen molar-refractivity contribution in [3.05, 3.63) is 65.6 Å². The van der Waals surface area contributed by atoms with E-state index in [4.69, 9.17) is 5.73 Å². The van der Waals surface area contributed by atoms with Crippen LogP contribution in [0, 0.1) is 11.8 Å². The van der Waals surface area contributed by atoms with Crippen LogP contribution in [0.4, 0.5) is 0 Å². The van der Waals surface area contributed by atoms with Crippen molar-refractivity contribution in [3.63, 3.8) is 0 Å². The zero-order chi connectivity index (χ0) is 31.4. The molecule has 0 saturated heterocycles. The van der Waals surface area contributed by atoms with Gasteiger partial charge in [0.05, 0.1) is 11.4 Å². The standard InChI is InChI=1S/C30H42N4O7S/c1-19(2)15-22(13-14-42(40,41)25-11-9-24(36)10-12-25)32-29(38)26(16-20(3)4)34-30(39)27(33-28(37)18-31)17-21-5-7-23(35)8-6-21/h5-14,19-20,22,26-27,35-36H,15-18,31H2,1-4H3,(H,32,38)(H,33,37)(H,34,39)/b14-13+/t22-,26+,27+/m1/s1. The molecule has 0 fully saturated rings. The molecule has 0 unspecified atom stereocenters. The molecule has 0 aliphatic rings. The molecule has 0 spiro atoms. The molecule has 7 N–H and O–H groups in total. The Morgan fingerprint density at radius 1 is 0.786 bits per heavy atom. The lowest BCUT2D eigenvalue weighted by Crippen LogP contribution is -2.56. The first-order valence-electron chi connectivity index (χ1n) is 13.8. The molecule has 42 heavy (non-hydrogen) atoms. The molecule has 0 heterocycles. The van der Waals surface area contributed by atoms with Crippen LogP contribution in [-0.4, -0.2) is 61.0 Å². The Morgan fingerprint density at radius 3 is 1.83 bits per heavy atom. The van der Waals surface area contributed by atoms with Crippen molar-refractivity contribution in [1.29, 1.82) is 0 Å². The van der Waals surface area contributed by atoms with Crippen LogP contribution in [0.15, 0.2) is 64.9 Å². The summed E-state index contributed by atoms with van der Waals surface area (Å²) in [4.78, 5) is 38.9. The summed E-state index contributed by atoms with van der Waals surface area (Å²) in [5.41, 5.74) is 6.12. The Kier molecular flexibility index (Phi) is 13.0. The van der Waals surface area contributed by atoms with Gasteiger partial charge in [0.15, 0.2) is 9.84 Å². The molecule has 3 amide bonds.